The summed E-state index contributed by atoms with van der Waals surface area (Å²) in [6, 6.07) is -0.228. The van der Waals surface area contributed by atoms with Crippen LogP contribution >= 0.6 is 11.6 Å². The topological polar surface area (TPSA) is 148 Å². The average molecular weight is 520 g/mol. The van der Waals surface area contributed by atoms with E-state index in [4.69, 9.17) is 16.1 Å². The molecule has 4 rings (SSSR count). The Hall–Kier alpha value is -3.54. The largest absolute Gasteiger partial charge is 0.364 e. The zero-order chi connectivity index (χ0) is 26.0. The summed E-state index contributed by atoms with van der Waals surface area (Å²) >= 11 is 5.87. The minimum Gasteiger partial charge on any atom is -0.364 e. The first-order valence-corrected chi connectivity index (χ1v) is 12.0. The highest BCUT2D eigenvalue weighted by Crippen LogP contribution is 2.31. The highest BCUT2D eigenvalue weighted by atomic mass is 35.5. The minimum absolute atomic E-state index is 0.0704. The Morgan fingerprint density at radius 1 is 1.31 bits per heavy atom. The number of rotatable bonds is 7. The quantitative estimate of drug-likeness (QED) is 0.434. The number of carbonyl (C=O) groups is 2. The van der Waals surface area contributed by atoms with Gasteiger partial charge in [0.05, 0.1) is 17.9 Å². The first kappa shape index (κ1) is 25.5. The lowest BCUT2D eigenvalue weighted by molar-refractivity contribution is -0.119. The zero-order valence-electron chi connectivity index (χ0n) is 20.0. The van der Waals surface area contributed by atoms with Crippen LogP contribution in [0.15, 0.2) is 27.8 Å². The maximum atomic E-state index is 14.7. The molecule has 3 aromatic heterocycles. The molecular weight excluding hydrogens is 493 g/mol. The molecule has 11 nitrogen and oxygen atoms in total. The second kappa shape index (κ2) is 10.6. The molecule has 3 heterocycles. The summed E-state index contributed by atoms with van der Waals surface area (Å²) in [6.07, 6.45) is 5.84. The lowest BCUT2D eigenvalue weighted by atomic mass is 9.79. The number of aryl methyl sites for hydroxylation is 1. The molecule has 3 N–H and O–H groups in total. The second-order valence-electron chi connectivity index (χ2n) is 9.24. The van der Waals surface area contributed by atoms with Gasteiger partial charge in [-0.2, -0.15) is 9.49 Å². The molecule has 1 aliphatic carbocycles. The van der Waals surface area contributed by atoms with Crippen molar-refractivity contribution >= 4 is 29.1 Å². The molecule has 0 aromatic carbocycles. The van der Waals surface area contributed by atoms with Gasteiger partial charge in [0.15, 0.2) is 0 Å². The number of nitrogens with one attached hydrogen (secondary N) is 3. The number of hydrogen-bond donors (Lipinski definition) is 3. The number of H-pyrrole nitrogens is 1. The van der Waals surface area contributed by atoms with E-state index in [0.717, 1.165) is 25.7 Å². The van der Waals surface area contributed by atoms with Gasteiger partial charge in [-0.05, 0) is 44.6 Å². The summed E-state index contributed by atoms with van der Waals surface area (Å²) in [7, 11) is 0. The van der Waals surface area contributed by atoms with Crippen molar-refractivity contribution in [3.05, 3.63) is 56.8 Å². The third-order valence-electron chi connectivity index (χ3n) is 6.69. The van der Waals surface area contributed by atoms with Crippen molar-refractivity contribution in [3.63, 3.8) is 0 Å². The zero-order valence-corrected chi connectivity index (χ0v) is 20.8. The second-order valence-corrected chi connectivity index (χ2v) is 9.63. The van der Waals surface area contributed by atoms with Crippen molar-refractivity contribution in [2.24, 2.45) is 11.8 Å². The normalized spacial score (nSPS) is 19.5. The van der Waals surface area contributed by atoms with E-state index in [0.29, 0.717) is 11.6 Å². The maximum Gasteiger partial charge on any atom is 0.269 e. The van der Waals surface area contributed by atoms with Crippen molar-refractivity contribution in [1.29, 1.82) is 0 Å². The van der Waals surface area contributed by atoms with Crippen molar-refractivity contribution in [3.8, 4) is 0 Å². The van der Waals surface area contributed by atoms with Crippen LogP contribution in [0.5, 0.6) is 0 Å². The van der Waals surface area contributed by atoms with Crippen LogP contribution in [0.1, 0.15) is 67.2 Å². The highest BCUT2D eigenvalue weighted by molar-refractivity contribution is 6.29. The van der Waals surface area contributed by atoms with Gasteiger partial charge in [-0.25, -0.2) is 5.10 Å². The predicted molar refractivity (Wildman–Crippen MR) is 128 cm³/mol. The molecule has 0 aliphatic heterocycles. The summed E-state index contributed by atoms with van der Waals surface area (Å²) < 4.78 is 20.8. The van der Waals surface area contributed by atoms with Gasteiger partial charge in [0.2, 0.25) is 5.91 Å². The van der Waals surface area contributed by atoms with E-state index < -0.39 is 35.4 Å². The highest BCUT2D eigenvalue weighted by Gasteiger charge is 2.34. The summed E-state index contributed by atoms with van der Waals surface area (Å²) in [5.41, 5.74) is 0.183. The molecule has 1 aliphatic rings. The Labute approximate surface area is 210 Å². The fraction of sp³-hybridized carbons (Fsp3) is 0.478. The molecule has 0 spiro atoms. The Morgan fingerprint density at radius 2 is 2.03 bits per heavy atom. The smallest absolute Gasteiger partial charge is 0.269 e. The van der Waals surface area contributed by atoms with Gasteiger partial charge >= 0.3 is 0 Å². The molecule has 2 amide bonds. The molecule has 13 heteroatoms. The molecule has 0 unspecified atom stereocenters. The molecule has 1 fully saturated rings. The maximum absolute atomic E-state index is 14.7. The summed E-state index contributed by atoms with van der Waals surface area (Å²) in [5, 5.41) is 18.8. The predicted octanol–water partition coefficient (Wildman–Crippen LogP) is 3.23. The van der Waals surface area contributed by atoms with Gasteiger partial charge in [-0.15, -0.1) is 5.10 Å². The number of aromatic nitrogens is 5. The van der Waals surface area contributed by atoms with Crippen LogP contribution in [0.4, 0.5) is 10.1 Å². The molecule has 2 atom stereocenters. The van der Waals surface area contributed by atoms with Crippen molar-refractivity contribution in [2.45, 2.75) is 58.5 Å². The fourth-order valence-corrected chi connectivity index (χ4v) is 4.62. The van der Waals surface area contributed by atoms with Crippen LogP contribution in [-0.2, 0) is 4.79 Å². The lowest BCUT2D eigenvalue weighted by Gasteiger charge is -2.32. The number of anilines is 1. The standard InChI is InChI=1S/C23H27ClFN7O4/c1-11-4-6-14(7-5-11)19(27-21(33)16-10-36-31-12(16)2)23(35)26-17-9-32(30-20(17)25)13(3)15-8-18(24)28-29-22(15)34/h8-11,13-14,19H,4-7H2,1-3H3,(H,26,35)(H,27,33)(H,29,34)/t11?,13-,14?,19-/m0/s1. The van der Waals surface area contributed by atoms with Gasteiger partial charge in [0, 0.05) is 5.56 Å². The summed E-state index contributed by atoms with van der Waals surface area (Å²) in [6.45, 7) is 5.41. The third-order valence-corrected chi connectivity index (χ3v) is 6.88. The van der Waals surface area contributed by atoms with Gasteiger partial charge in [0.1, 0.15) is 28.7 Å². The molecule has 192 valence electrons. The number of halogens is 2. The van der Waals surface area contributed by atoms with Crippen LogP contribution < -0.4 is 16.2 Å². The van der Waals surface area contributed by atoms with Gasteiger partial charge < -0.3 is 15.2 Å². The third kappa shape index (κ3) is 5.48. The average Bonchev–Trinajstić information content (AvgIpc) is 3.44. The van der Waals surface area contributed by atoms with Crippen LogP contribution in [0, 0.1) is 24.7 Å². The first-order valence-electron chi connectivity index (χ1n) is 11.7. The Balaban J connectivity index is 1.55. The van der Waals surface area contributed by atoms with E-state index in [2.05, 4.69) is 38.0 Å². The van der Waals surface area contributed by atoms with Gasteiger partial charge in [0.25, 0.3) is 17.4 Å². The number of hydrogen-bond acceptors (Lipinski definition) is 7. The van der Waals surface area contributed by atoms with Crippen LogP contribution in [-0.4, -0.2) is 43.0 Å². The summed E-state index contributed by atoms with van der Waals surface area (Å²) in [4.78, 5) is 38.3. The Bertz CT molecular complexity index is 1310. The van der Waals surface area contributed by atoms with Crippen molar-refractivity contribution in [2.75, 3.05) is 5.32 Å². The molecule has 0 saturated heterocycles. The molecule has 36 heavy (non-hydrogen) atoms. The van der Waals surface area contributed by atoms with Gasteiger partial charge in [-0.3, -0.25) is 19.1 Å². The van der Waals surface area contributed by atoms with E-state index >= 15 is 0 Å². The van der Waals surface area contributed by atoms with Crippen molar-refractivity contribution < 1.29 is 18.5 Å². The number of aromatic amines is 1. The monoisotopic (exact) mass is 519 g/mol. The van der Waals surface area contributed by atoms with Crippen LogP contribution in [0.25, 0.3) is 0 Å². The minimum atomic E-state index is -0.927. The van der Waals surface area contributed by atoms with Gasteiger partial charge in [-0.1, -0.05) is 36.5 Å². The number of nitrogens with zero attached hydrogens (tertiary/aromatic N) is 4. The molecular formula is C23H27ClFN7O4. The van der Waals surface area contributed by atoms with Crippen LogP contribution in [0.2, 0.25) is 5.15 Å². The molecule has 1 saturated carbocycles. The SMILES string of the molecule is Cc1nocc1C(=O)N[C@H](C(=O)Nc1cn([C@@H](C)c2cc(Cl)n[nH]c2=O)nc1F)C1CCC(C)CC1. The molecule has 0 radical (unpaired) electrons. The van der Waals surface area contributed by atoms with E-state index in [1.807, 2.05) is 0 Å². The van der Waals surface area contributed by atoms with Crippen molar-refractivity contribution in [1.82, 2.24) is 30.5 Å². The van der Waals surface area contributed by atoms with E-state index in [1.54, 1.807) is 13.8 Å². The number of amides is 2. The Kier molecular flexibility index (Phi) is 7.53. The summed E-state index contributed by atoms with van der Waals surface area (Å²) in [5.74, 6) is -1.58. The van der Waals surface area contributed by atoms with E-state index in [9.17, 15) is 18.8 Å². The van der Waals surface area contributed by atoms with E-state index in [-0.39, 0.29) is 27.9 Å². The molecule has 0 bridgehead atoms. The fourth-order valence-electron chi connectivity index (χ4n) is 4.46. The van der Waals surface area contributed by atoms with E-state index in [1.165, 1.54) is 23.2 Å². The molecule has 3 aromatic rings. The Morgan fingerprint density at radius 3 is 2.69 bits per heavy atom. The van der Waals surface area contributed by atoms with Crippen LogP contribution in [0.3, 0.4) is 0 Å². The lowest BCUT2D eigenvalue weighted by Crippen LogP contribution is -2.49. The number of carbonyl (C=O) groups excluding carboxylic acids is 2. The first-order chi connectivity index (χ1) is 17.1.